The standard InChI is InChI=1S/C12H14O3/c1-7-5-11(14)9-4-3-8(2)15-12(9)10(7)6-13/h5-6,8,14H,3-4H2,1-2H3. The zero-order valence-corrected chi connectivity index (χ0v) is 8.91. The number of rotatable bonds is 1. The number of hydrogen-bond acceptors (Lipinski definition) is 3. The average molecular weight is 206 g/mol. The van der Waals surface area contributed by atoms with E-state index in [1.807, 2.05) is 6.92 Å². The lowest BCUT2D eigenvalue weighted by atomic mass is 9.96. The highest BCUT2D eigenvalue weighted by Crippen LogP contribution is 2.38. The van der Waals surface area contributed by atoms with Gasteiger partial charge in [0.2, 0.25) is 0 Å². The first-order valence-electron chi connectivity index (χ1n) is 5.10. The Labute approximate surface area is 88.7 Å². The van der Waals surface area contributed by atoms with Gasteiger partial charge in [0.1, 0.15) is 11.5 Å². The van der Waals surface area contributed by atoms with Crippen molar-refractivity contribution in [2.75, 3.05) is 0 Å². The molecule has 15 heavy (non-hydrogen) atoms. The quantitative estimate of drug-likeness (QED) is 0.717. The fourth-order valence-corrected chi connectivity index (χ4v) is 1.96. The molecule has 3 heteroatoms. The third-order valence-electron chi connectivity index (χ3n) is 2.84. The molecular weight excluding hydrogens is 192 g/mol. The molecule has 1 aromatic carbocycles. The number of phenols is 1. The summed E-state index contributed by atoms with van der Waals surface area (Å²) in [7, 11) is 0. The first-order chi connectivity index (χ1) is 7.13. The van der Waals surface area contributed by atoms with E-state index in [1.54, 1.807) is 13.0 Å². The molecule has 1 unspecified atom stereocenters. The summed E-state index contributed by atoms with van der Waals surface area (Å²) in [5.41, 5.74) is 2.09. The second-order valence-electron chi connectivity index (χ2n) is 4.02. The van der Waals surface area contributed by atoms with Crippen LogP contribution in [0.5, 0.6) is 11.5 Å². The molecule has 0 aliphatic carbocycles. The summed E-state index contributed by atoms with van der Waals surface area (Å²) in [5.74, 6) is 0.807. The van der Waals surface area contributed by atoms with Gasteiger partial charge in [0.15, 0.2) is 6.29 Å². The molecule has 0 aromatic heterocycles. The van der Waals surface area contributed by atoms with E-state index < -0.39 is 0 Å². The molecule has 80 valence electrons. The van der Waals surface area contributed by atoms with Gasteiger partial charge >= 0.3 is 0 Å². The van der Waals surface area contributed by atoms with Crippen LogP contribution in [0.15, 0.2) is 6.07 Å². The van der Waals surface area contributed by atoms with Crippen LogP contribution in [-0.4, -0.2) is 17.5 Å². The second kappa shape index (κ2) is 3.57. The van der Waals surface area contributed by atoms with Gasteiger partial charge in [-0.25, -0.2) is 0 Å². The number of ether oxygens (including phenoxy) is 1. The molecular formula is C12H14O3. The number of fused-ring (bicyclic) bond motifs is 1. The zero-order valence-electron chi connectivity index (χ0n) is 8.91. The smallest absolute Gasteiger partial charge is 0.154 e. The predicted octanol–water partition coefficient (Wildman–Crippen LogP) is 2.23. The van der Waals surface area contributed by atoms with Crippen LogP contribution >= 0.6 is 0 Å². The predicted molar refractivity (Wildman–Crippen MR) is 56.6 cm³/mol. The maximum Gasteiger partial charge on any atom is 0.154 e. The van der Waals surface area contributed by atoms with Crippen molar-refractivity contribution in [3.63, 3.8) is 0 Å². The molecule has 1 aliphatic heterocycles. The third kappa shape index (κ3) is 1.58. The Morgan fingerprint density at radius 2 is 2.33 bits per heavy atom. The molecule has 1 N–H and O–H groups in total. The number of carbonyl (C=O) groups is 1. The number of benzene rings is 1. The van der Waals surface area contributed by atoms with E-state index in [2.05, 4.69) is 0 Å². The Bertz CT molecular complexity index is 410. The van der Waals surface area contributed by atoms with E-state index in [1.165, 1.54) is 0 Å². The molecule has 1 aliphatic rings. The molecule has 2 rings (SSSR count). The highest BCUT2D eigenvalue weighted by molar-refractivity contribution is 5.83. The number of hydrogen-bond donors (Lipinski definition) is 1. The monoisotopic (exact) mass is 206 g/mol. The maximum atomic E-state index is 11.0. The van der Waals surface area contributed by atoms with Crippen molar-refractivity contribution in [1.82, 2.24) is 0 Å². The van der Waals surface area contributed by atoms with Crippen molar-refractivity contribution >= 4 is 6.29 Å². The molecule has 0 spiro atoms. The lowest BCUT2D eigenvalue weighted by Crippen LogP contribution is -2.20. The Morgan fingerprint density at radius 1 is 1.60 bits per heavy atom. The first kappa shape index (κ1) is 10.0. The number of carbonyl (C=O) groups excluding carboxylic acids is 1. The van der Waals surface area contributed by atoms with Crippen molar-refractivity contribution < 1.29 is 14.6 Å². The summed E-state index contributed by atoms with van der Waals surface area (Å²) >= 11 is 0. The van der Waals surface area contributed by atoms with E-state index >= 15 is 0 Å². The van der Waals surface area contributed by atoms with Gasteiger partial charge in [-0.3, -0.25) is 4.79 Å². The van der Waals surface area contributed by atoms with Gasteiger partial charge < -0.3 is 9.84 Å². The molecule has 1 heterocycles. The van der Waals surface area contributed by atoms with Crippen molar-refractivity contribution in [3.05, 3.63) is 22.8 Å². The van der Waals surface area contributed by atoms with E-state index in [-0.39, 0.29) is 11.9 Å². The molecule has 3 nitrogen and oxygen atoms in total. The first-order valence-corrected chi connectivity index (χ1v) is 5.10. The van der Waals surface area contributed by atoms with Gasteiger partial charge in [0.05, 0.1) is 11.7 Å². The molecule has 0 amide bonds. The highest BCUT2D eigenvalue weighted by atomic mass is 16.5. The fourth-order valence-electron chi connectivity index (χ4n) is 1.96. The van der Waals surface area contributed by atoms with Gasteiger partial charge in [-0.1, -0.05) is 0 Å². The van der Waals surface area contributed by atoms with Crippen molar-refractivity contribution in [1.29, 1.82) is 0 Å². The highest BCUT2D eigenvalue weighted by Gasteiger charge is 2.23. The van der Waals surface area contributed by atoms with Crippen LogP contribution in [-0.2, 0) is 6.42 Å². The molecule has 0 saturated heterocycles. The SMILES string of the molecule is Cc1cc(O)c2c(c1C=O)OC(C)CC2. The van der Waals surface area contributed by atoms with Gasteiger partial charge in [-0.15, -0.1) is 0 Å². The van der Waals surface area contributed by atoms with E-state index in [0.29, 0.717) is 11.3 Å². The van der Waals surface area contributed by atoms with Crippen molar-refractivity contribution in [2.24, 2.45) is 0 Å². The third-order valence-corrected chi connectivity index (χ3v) is 2.84. The number of phenolic OH excluding ortho intramolecular Hbond substituents is 1. The fraction of sp³-hybridized carbons (Fsp3) is 0.417. The summed E-state index contributed by atoms with van der Waals surface area (Å²) in [6.07, 6.45) is 2.55. The van der Waals surface area contributed by atoms with Crippen LogP contribution in [0.3, 0.4) is 0 Å². The van der Waals surface area contributed by atoms with E-state index in [9.17, 15) is 9.90 Å². The largest absolute Gasteiger partial charge is 0.508 e. The van der Waals surface area contributed by atoms with Crippen LogP contribution in [0.1, 0.15) is 34.8 Å². The minimum absolute atomic E-state index is 0.109. The number of aromatic hydroxyl groups is 1. The van der Waals surface area contributed by atoms with Crippen LogP contribution < -0.4 is 4.74 Å². The molecule has 0 saturated carbocycles. The summed E-state index contributed by atoms with van der Waals surface area (Å²) in [6.45, 7) is 3.77. The summed E-state index contributed by atoms with van der Waals surface area (Å²) in [4.78, 5) is 11.0. The Balaban J connectivity index is 2.63. The maximum absolute atomic E-state index is 11.0. The molecule has 0 fully saturated rings. The zero-order chi connectivity index (χ0) is 11.0. The Hall–Kier alpha value is -1.51. The normalized spacial score (nSPS) is 19.2. The number of aldehydes is 1. The van der Waals surface area contributed by atoms with Crippen LogP contribution in [0.25, 0.3) is 0 Å². The van der Waals surface area contributed by atoms with Gasteiger partial charge in [0, 0.05) is 5.56 Å². The minimum Gasteiger partial charge on any atom is -0.508 e. The Kier molecular flexibility index (Phi) is 2.39. The lowest BCUT2D eigenvalue weighted by molar-refractivity contribution is 0.111. The van der Waals surface area contributed by atoms with Crippen molar-refractivity contribution in [2.45, 2.75) is 32.8 Å². The van der Waals surface area contributed by atoms with Gasteiger partial charge in [-0.05, 0) is 38.3 Å². The van der Waals surface area contributed by atoms with Gasteiger partial charge in [0.25, 0.3) is 0 Å². The average Bonchev–Trinajstić information content (AvgIpc) is 2.17. The van der Waals surface area contributed by atoms with E-state index in [4.69, 9.17) is 4.74 Å². The van der Waals surface area contributed by atoms with Crippen LogP contribution in [0.2, 0.25) is 0 Å². The van der Waals surface area contributed by atoms with Crippen molar-refractivity contribution in [3.8, 4) is 11.5 Å². The lowest BCUT2D eigenvalue weighted by Gasteiger charge is -2.25. The molecule has 1 atom stereocenters. The summed E-state index contributed by atoms with van der Waals surface area (Å²) in [6, 6.07) is 1.63. The van der Waals surface area contributed by atoms with E-state index in [0.717, 1.165) is 30.3 Å². The Morgan fingerprint density at radius 3 is 3.00 bits per heavy atom. The number of aryl methyl sites for hydroxylation is 1. The van der Waals surface area contributed by atoms with Gasteiger partial charge in [-0.2, -0.15) is 0 Å². The molecule has 0 bridgehead atoms. The van der Waals surface area contributed by atoms with Crippen LogP contribution in [0.4, 0.5) is 0 Å². The minimum atomic E-state index is 0.109. The van der Waals surface area contributed by atoms with Crippen LogP contribution in [0, 0.1) is 6.92 Å². The second-order valence-corrected chi connectivity index (χ2v) is 4.02. The topological polar surface area (TPSA) is 46.5 Å². The summed E-state index contributed by atoms with van der Waals surface area (Å²) < 4.78 is 5.62. The molecule has 1 aromatic rings. The summed E-state index contributed by atoms with van der Waals surface area (Å²) in [5, 5.41) is 9.75. The molecule has 0 radical (unpaired) electrons.